The van der Waals surface area contributed by atoms with Gasteiger partial charge in [0.05, 0.1) is 13.2 Å². The molecule has 0 spiro atoms. The molecule has 0 saturated carbocycles. The van der Waals surface area contributed by atoms with Crippen LogP contribution in [0.1, 0.15) is 18.1 Å². The Labute approximate surface area is 143 Å². The van der Waals surface area contributed by atoms with Crippen molar-refractivity contribution < 1.29 is 9.47 Å². The van der Waals surface area contributed by atoms with Gasteiger partial charge in [0.1, 0.15) is 12.4 Å². The van der Waals surface area contributed by atoms with Gasteiger partial charge >= 0.3 is 0 Å². The van der Waals surface area contributed by atoms with Crippen molar-refractivity contribution in [2.75, 3.05) is 13.7 Å². The third-order valence-corrected chi connectivity index (χ3v) is 3.44. The predicted octanol–water partition coefficient (Wildman–Crippen LogP) is 2.70. The van der Waals surface area contributed by atoms with E-state index in [1.54, 1.807) is 7.11 Å². The molecule has 1 unspecified atom stereocenters. The van der Waals surface area contributed by atoms with E-state index < -0.39 is 0 Å². The Morgan fingerprint density at radius 2 is 1.83 bits per heavy atom. The summed E-state index contributed by atoms with van der Waals surface area (Å²) in [5.74, 6) is 1.22. The molecule has 3 N–H and O–H groups in total. The zero-order chi connectivity index (χ0) is 17.2. The van der Waals surface area contributed by atoms with E-state index >= 15 is 0 Å². The van der Waals surface area contributed by atoms with E-state index in [2.05, 4.69) is 10.3 Å². The molecule has 0 heterocycles. The van der Waals surface area contributed by atoms with Gasteiger partial charge in [-0.15, -0.1) is 0 Å². The smallest absolute Gasteiger partial charge is 0.189 e. The maximum Gasteiger partial charge on any atom is 0.189 e. The lowest BCUT2D eigenvalue weighted by atomic mass is 10.2. The Kier molecular flexibility index (Phi) is 7.11. The predicted molar refractivity (Wildman–Crippen MR) is 97.0 cm³/mol. The van der Waals surface area contributed by atoms with E-state index in [0.29, 0.717) is 25.7 Å². The molecule has 0 aliphatic carbocycles. The zero-order valence-corrected chi connectivity index (χ0v) is 14.2. The molecule has 0 saturated heterocycles. The number of aliphatic imine (C=N–C) groups is 1. The van der Waals surface area contributed by atoms with Crippen molar-refractivity contribution >= 4 is 5.96 Å². The molecule has 5 nitrogen and oxygen atoms in total. The van der Waals surface area contributed by atoms with Crippen LogP contribution in [-0.4, -0.2) is 25.7 Å². The first kappa shape index (κ1) is 17.8. The number of para-hydroxylation sites is 1. The van der Waals surface area contributed by atoms with Crippen LogP contribution in [0.5, 0.6) is 5.75 Å². The summed E-state index contributed by atoms with van der Waals surface area (Å²) in [5.41, 5.74) is 8.04. The molecule has 0 bridgehead atoms. The van der Waals surface area contributed by atoms with Crippen LogP contribution < -0.4 is 15.8 Å². The second-order valence-corrected chi connectivity index (χ2v) is 5.58. The van der Waals surface area contributed by atoms with E-state index in [-0.39, 0.29) is 6.04 Å². The minimum atomic E-state index is 0.114. The first-order valence-corrected chi connectivity index (χ1v) is 7.99. The number of nitrogens with zero attached hydrogens (tertiary/aromatic N) is 1. The molecule has 2 aromatic rings. The van der Waals surface area contributed by atoms with Crippen LogP contribution in [0.2, 0.25) is 0 Å². The number of methoxy groups -OCH3 is 1. The third-order valence-electron chi connectivity index (χ3n) is 3.44. The lowest BCUT2D eigenvalue weighted by molar-refractivity contribution is 0.179. The standard InChI is InChI=1S/C19H25N3O2/c1-15(13-23-2)22-19(20)21-12-17-10-6-7-11-18(17)24-14-16-8-4-3-5-9-16/h3-11,15H,12-14H2,1-2H3,(H3,20,21,22). The molecular weight excluding hydrogens is 302 g/mol. The molecule has 24 heavy (non-hydrogen) atoms. The quantitative estimate of drug-likeness (QED) is 0.578. The highest BCUT2D eigenvalue weighted by molar-refractivity contribution is 5.78. The van der Waals surface area contributed by atoms with Gasteiger partial charge in [0.2, 0.25) is 0 Å². The number of rotatable bonds is 8. The first-order chi connectivity index (χ1) is 11.7. The number of nitrogens with one attached hydrogen (secondary N) is 1. The van der Waals surface area contributed by atoms with Gasteiger partial charge in [-0.2, -0.15) is 0 Å². The lowest BCUT2D eigenvalue weighted by Gasteiger charge is -2.14. The summed E-state index contributed by atoms with van der Waals surface area (Å²) in [5, 5.41) is 3.09. The summed E-state index contributed by atoms with van der Waals surface area (Å²) in [4.78, 5) is 4.38. The lowest BCUT2D eigenvalue weighted by Crippen LogP contribution is -2.40. The Hall–Kier alpha value is -2.53. The minimum Gasteiger partial charge on any atom is -0.489 e. The fourth-order valence-electron chi connectivity index (χ4n) is 2.27. The van der Waals surface area contributed by atoms with E-state index in [4.69, 9.17) is 15.2 Å². The van der Waals surface area contributed by atoms with Crippen molar-refractivity contribution in [3.05, 3.63) is 65.7 Å². The van der Waals surface area contributed by atoms with E-state index in [1.807, 2.05) is 61.5 Å². The third kappa shape index (κ3) is 5.93. The first-order valence-electron chi connectivity index (χ1n) is 7.99. The average Bonchev–Trinajstić information content (AvgIpc) is 2.60. The van der Waals surface area contributed by atoms with Crippen molar-refractivity contribution in [1.29, 1.82) is 0 Å². The van der Waals surface area contributed by atoms with Gasteiger partial charge in [0.15, 0.2) is 5.96 Å². The second kappa shape index (κ2) is 9.57. The zero-order valence-electron chi connectivity index (χ0n) is 14.2. The highest BCUT2D eigenvalue weighted by atomic mass is 16.5. The van der Waals surface area contributed by atoms with Crippen LogP contribution in [0.25, 0.3) is 0 Å². The molecule has 5 heteroatoms. The number of hydrogen-bond donors (Lipinski definition) is 2. The minimum absolute atomic E-state index is 0.114. The van der Waals surface area contributed by atoms with Gasteiger partial charge < -0.3 is 20.5 Å². The SMILES string of the molecule is COCC(C)NC(N)=NCc1ccccc1OCc1ccccc1. The van der Waals surface area contributed by atoms with E-state index in [0.717, 1.165) is 16.9 Å². The van der Waals surface area contributed by atoms with Crippen LogP contribution in [0.3, 0.4) is 0 Å². The molecule has 2 aromatic carbocycles. The van der Waals surface area contributed by atoms with Crippen molar-refractivity contribution in [2.24, 2.45) is 10.7 Å². The summed E-state index contributed by atoms with van der Waals surface area (Å²) in [6, 6.07) is 18.1. The monoisotopic (exact) mass is 327 g/mol. The maximum atomic E-state index is 5.92. The molecule has 128 valence electrons. The van der Waals surface area contributed by atoms with Crippen LogP contribution in [0, 0.1) is 0 Å². The fraction of sp³-hybridized carbons (Fsp3) is 0.316. The molecule has 0 amide bonds. The summed E-state index contributed by atoms with van der Waals surface area (Å²) in [7, 11) is 1.66. The highest BCUT2D eigenvalue weighted by Crippen LogP contribution is 2.20. The Morgan fingerprint density at radius 1 is 1.12 bits per heavy atom. The molecule has 0 aliphatic heterocycles. The summed E-state index contributed by atoms with van der Waals surface area (Å²) < 4.78 is 11.0. The molecule has 0 aromatic heterocycles. The van der Waals surface area contributed by atoms with Gasteiger partial charge in [-0.25, -0.2) is 4.99 Å². The van der Waals surface area contributed by atoms with E-state index in [9.17, 15) is 0 Å². The topological polar surface area (TPSA) is 68.9 Å². The Morgan fingerprint density at radius 3 is 2.58 bits per heavy atom. The van der Waals surface area contributed by atoms with Crippen LogP contribution >= 0.6 is 0 Å². The second-order valence-electron chi connectivity index (χ2n) is 5.58. The van der Waals surface area contributed by atoms with Crippen molar-refractivity contribution in [2.45, 2.75) is 26.1 Å². The number of nitrogens with two attached hydrogens (primary N) is 1. The van der Waals surface area contributed by atoms with Gasteiger partial charge in [-0.3, -0.25) is 0 Å². The summed E-state index contributed by atoms with van der Waals surface area (Å²) in [6.07, 6.45) is 0. The van der Waals surface area contributed by atoms with Crippen LogP contribution in [0.15, 0.2) is 59.6 Å². The number of guanidine groups is 1. The molecule has 1 atom stereocenters. The average molecular weight is 327 g/mol. The summed E-state index contributed by atoms with van der Waals surface area (Å²) >= 11 is 0. The number of benzene rings is 2. The van der Waals surface area contributed by atoms with Crippen molar-refractivity contribution in [3.8, 4) is 5.75 Å². The van der Waals surface area contributed by atoms with E-state index in [1.165, 1.54) is 0 Å². The van der Waals surface area contributed by atoms with Crippen LogP contribution in [-0.2, 0) is 17.9 Å². The van der Waals surface area contributed by atoms with Crippen molar-refractivity contribution in [1.82, 2.24) is 5.32 Å². The molecule has 2 rings (SSSR count). The van der Waals surface area contributed by atoms with Crippen LogP contribution in [0.4, 0.5) is 0 Å². The molecular formula is C19H25N3O2. The molecule has 0 radical (unpaired) electrons. The fourth-order valence-corrected chi connectivity index (χ4v) is 2.27. The van der Waals surface area contributed by atoms with Gasteiger partial charge in [-0.1, -0.05) is 48.5 Å². The number of ether oxygens (including phenoxy) is 2. The molecule has 0 aliphatic rings. The Balaban J connectivity index is 1.95. The van der Waals surface area contributed by atoms with Gasteiger partial charge in [0.25, 0.3) is 0 Å². The molecule has 0 fully saturated rings. The maximum absolute atomic E-state index is 5.92. The largest absolute Gasteiger partial charge is 0.489 e. The van der Waals surface area contributed by atoms with Crippen molar-refractivity contribution in [3.63, 3.8) is 0 Å². The highest BCUT2D eigenvalue weighted by Gasteiger charge is 2.05. The van der Waals surface area contributed by atoms with Gasteiger partial charge in [0, 0.05) is 18.7 Å². The Bertz CT molecular complexity index is 644. The summed E-state index contributed by atoms with van der Waals surface area (Å²) in [6.45, 7) is 3.56. The van der Waals surface area contributed by atoms with Gasteiger partial charge in [-0.05, 0) is 18.6 Å². The normalized spacial score (nSPS) is 12.7. The number of hydrogen-bond acceptors (Lipinski definition) is 3.